The van der Waals surface area contributed by atoms with Crippen molar-refractivity contribution in [3.63, 3.8) is 0 Å². The van der Waals surface area contributed by atoms with Gasteiger partial charge in [-0.25, -0.2) is 18.2 Å². The Balaban J connectivity index is 1.29. The lowest BCUT2D eigenvalue weighted by Crippen LogP contribution is -2.38. The number of imidazole rings is 1. The number of benzene rings is 1. The Labute approximate surface area is 246 Å². The lowest BCUT2D eigenvalue weighted by Gasteiger charge is -2.31. The van der Waals surface area contributed by atoms with Crippen molar-refractivity contribution in [1.82, 2.24) is 24.0 Å². The molecular formula is C32H39N5O4S. The van der Waals surface area contributed by atoms with E-state index in [1.807, 2.05) is 17.8 Å². The molecule has 5 heterocycles. The van der Waals surface area contributed by atoms with Crippen molar-refractivity contribution in [3.05, 3.63) is 58.1 Å². The van der Waals surface area contributed by atoms with Gasteiger partial charge in [0.05, 0.1) is 46.8 Å². The van der Waals surface area contributed by atoms with E-state index in [1.54, 1.807) is 4.57 Å². The summed E-state index contributed by atoms with van der Waals surface area (Å²) >= 11 is 0. The van der Waals surface area contributed by atoms with E-state index in [1.165, 1.54) is 17.4 Å². The molecule has 0 bridgehead atoms. The fraction of sp³-hybridized carbons (Fsp3) is 0.500. The number of fused-ring (bicyclic) bond motifs is 3. The average Bonchev–Trinajstić information content (AvgIpc) is 3.71. The zero-order valence-electron chi connectivity index (χ0n) is 24.4. The first-order valence-electron chi connectivity index (χ1n) is 15.2. The summed E-state index contributed by atoms with van der Waals surface area (Å²) < 4.78 is 33.4. The van der Waals surface area contributed by atoms with E-state index in [2.05, 4.69) is 40.2 Å². The third-order valence-electron chi connectivity index (χ3n) is 9.63. The molecule has 0 unspecified atom stereocenters. The number of hydrogen-bond donors (Lipinski definition) is 1. The van der Waals surface area contributed by atoms with Crippen LogP contribution in [0.5, 0.6) is 0 Å². The molecule has 1 saturated carbocycles. The van der Waals surface area contributed by atoms with Crippen LogP contribution in [0, 0.1) is 0 Å². The molecule has 42 heavy (non-hydrogen) atoms. The molecule has 1 aromatic carbocycles. The molecule has 3 aromatic heterocycles. The van der Waals surface area contributed by atoms with E-state index in [4.69, 9.17) is 9.72 Å². The van der Waals surface area contributed by atoms with E-state index < -0.39 is 9.84 Å². The van der Waals surface area contributed by atoms with Crippen LogP contribution in [0.1, 0.15) is 62.1 Å². The number of aromatic nitrogens is 4. The van der Waals surface area contributed by atoms with E-state index in [0.717, 1.165) is 90.6 Å². The molecule has 2 aliphatic heterocycles. The SMILES string of the molecule is Cn1c(=O)n(C2CCCC2)c2c3c(C4=CCOCC4)c(-c4ccc(CN5CCC(S(C)(=O)=O)CC5)cc4)[nH]c3ncc21. The normalized spacial score (nSPS) is 19.7. The molecule has 2 fully saturated rings. The van der Waals surface area contributed by atoms with Gasteiger partial charge in [0.25, 0.3) is 0 Å². The van der Waals surface area contributed by atoms with Crippen molar-refractivity contribution in [2.45, 2.75) is 62.8 Å². The predicted molar refractivity (Wildman–Crippen MR) is 166 cm³/mol. The number of H-pyrrole nitrogens is 1. The number of nitrogens with one attached hydrogen (secondary N) is 1. The Morgan fingerprint density at radius 2 is 1.81 bits per heavy atom. The monoisotopic (exact) mass is 589 g/mol. The van der Waals surface area contributed by atoms with E-state index >= 15 is 0 Å². The molecule has 9 nitrogen and oxygen atoms in total. The third-order valence-corrected chi connectivity index (χ3v) is 11.3. The van der Waals surface area contributed by atoms with Gasteiger partial charge in [-0.2, -0.15) is 0 Å². The molecule has 4 aromatic rings. The second kappa shape index (κ2) is 10.8. The van der Waals surface area contributed by atoms with Gasteiger partial charge in [-0.1, -0.05) is 43.2 Å². The molecule has 7 rings (SSSR count). The first-order valence-corrected chi connectivity index (χ1v) is 17.1. The number of nitrogens with zero attached hydrogens (tertiary/aromatic N) is 4. The number of ether oxygens (including phenoxy) is 1. The number of aryl methyl sites for hydroxylation is 1. The maximum Gasteiger partial charge on any atom is 0.329 e. The minimum atomic E-state index is -2.97. The molecule has 0 atom stereocenters. The van der Waals surface area contributed by atoms with Crippen molar-refractivity contribution in [2.24, 2.45) is 7.05 Å². The molecule has 0 spiro atoms. The van der Waals surface area contributed by atoms with Crippen molar-refractivity contribution >= 4 is 37.5 Å². The van der Waals surface area contributed by atoms with Crippen molar-refractivity contribution in [1.29, 1.82) is 0 Å². The Morgan fingerprint density at radius 3 is 2.48 bits per heavy atom. The second-order valence-corrected chi connectivity index (χ2v) is 14.6. The molecular weight excluding hydrogens is 550 g/mol. The Hall–Kier alpha value is -3.21. The lowest BCUT2D eigenvalue weighted by atomic mass is 9.94. The second-order valence-electron chi connectivity index (χ2n) is 12.3. The maximum atomic E-state index is 13.6. The summed E-state index contributed by atoms with van der Waals surface area (Å²) in [6.45, 7) is 3.63. The number of hydrogen-bond acceptors (Lipinski definition) is 6. The highest BCUT2D eigenvalue weighted by molar-refractivity contribution is 7.91. The number of pyridine rings is 1. The minimum absolute atomic E-state index is 0.0331. The fourth-order valence-electron chi connectivity index (χ4n) is 7.30. The topological polar surface area (TPSA) is 102 Å². The molecule has 10 heteroatoms. The van der Waals surface area contributed by atoms with Gasteiger partial charge in [-0.05, 0) is 61.9 Å². The van der Waals surface area contributed by atoms with E-state index in [0.29, 0.717) is 26.1 Å². The standard InChI is InChI=1S/C32H39N5O4S/c1-35-26-19-33-31-28(30(26)37(32(35)38)24-5-3-4-6-24)27(22-13-17-41-18-14-22)29(34-31)23-9-7-21(8-10-23)20-36-15-11-25(12-16-36)42(2,39)40/h7-10,13,19,24-25H,3-6,11-12,14-18,20H2,1-2H3,(H,33,34). The Morgan fingerprint density at radius 1 is 1.07 bits per heavy atom. The van der Waals surface area contributed by atoms with Crippen LogP contribution in [0.4, 0.5) is 0 Å². The van der Waals surface area contributed by atoms with Gasteiger partial charge in [0.2, 0.25) is 0 Å². The minimum Gasteiger partial charge on any atom is -0.377 e. The van der Waals surface area contributed by atoms with Crippen LogP contribution in [-0.4, -0.2) is 70.2 Å². The Bertz CT molecular complexity index is 1830. The molecule has 0 radical (unpaired) electrons. The molecule has 1 N–H and O–H groups in total. The van der Waals surface area contributed by atoms with Crippen LogP contribution < -0.4 is 5.69 Å². The average molecular weight is 590 g/mol. The molecule has 1 saturated heterocycles. The number of aromatic amines is 1. The summed E-state index contributed by atoms with van der Waals surface area (Å²) in [5, 5.41) is 0.809. The van der Waals surface area contributed by atoms with Gasteiger partial charge in [-0.15, -0.1) is 0 Å². The summed E-state index contributed by atoms with van der Waals surface area (Å²) in [4.78, 5) is 24.4. The van der Waals surface area contributed by atoms with Crippen molar-refractivity contribution < 1.29 is 13.2 Å². The highest BCUT2D eigenvalue weighted by Crippen LogP contribution is 2.41. The number of likely N-dealkylation sites (tertiary alicyclic amines) is 1. The van der Waals surface area contributed by atoms with Gasteiger partial charge >= 0.3 is 5.69 Å². The Kier molecular flexibility index (Phi) is 7.11. The van der Waals surface area contributed by atoms with Crippen LogP contribution in [0.15, 0.2) is 41.3 Å². The number of piperidine rings is 1. The van der Waals surface area contributed by atoms with Gasteiger partial charge < -0.3 is 9.72 Å². The third kappa shape index (κ3) is 4.83. The molecule has 0 amide bonds. The van der Waals surface area contributed by atoms with Gasteiger partial charge in [0, 0.05) is 31.5 Å². The first kappa shape index (κ1) is 27.6. The number of rotatable bonds is 6. The summed E-state index contributed by atoms with van der Waals surface area (Å²) in [7, 11) is -1.12. The van der Waals surface area contributed by atoms with Crippen molar-refractivity contribution in [3.8, 4) is 11.3 Å². The zero-order valence-corrected chi connectivity index (χ0v) is 25.3. The summed E-state index contributed by atoms with van der Waals surface area (Å²) in [5.41, 5.74) is 8.34. The molecule has 222 valence electrons. The highest BCUT2D eigenvalue weighted by Gasteiger charge is 2.29. The van der Waals surface area contributed by atoms with Crippen LogP contribution in [0.2, 0.25) is 0 Å². The van der Waals surface area contributed by atoms with Gasteiger partial charge in [-0.3, -0.25) is 14.0 Å². The molecule has 1 aliphatic carbocycles. The van der Waals surface area contributed by atoms with Crippen LogP contribution in [0.25, 0.3) is 38.9 Å². The first-order chi connectivity index (χ1) is 20.3. The summed E-state index contributed by atoms with van der Waals surface area (Å²) in [5.74, 6) is 0. The van der Waals surface area contributed by atoms with Crippen LogP contribution >= 0.6 is 0 Å². The van der Waals surface area contributed by atoms with Crippen molar-refractivity contribution in [2.75, 3.05) is 32.6 Å². The van der Waals surface area contributed by atoms with Gasteiger partial charge in [0.15, 0.2) is 0 Å². The fourth-order valence-corrected chi connectivity index (χ4v) is 8.37. The summed E-state index contributed by atoms with van der Waals surface area (Å²) in [6, 6.07) is 8.89. The summed E-state index contributed by atoms with van der Waals surface area (Å²) in [6.07, 6.45) is 11.9. The highest BCUT2D eigenvalue weighted by atomic mass is 32.2. The zero-order chi connectivity index (χ0) is 29.0. The lowest BCUT2D eigenvalue weighted by molar-refractivity contribution is 0.161. The largest absolute Gasteiger partial charge is 0.377 e. The molecule has 3 aliphatic rings. The van der Waals surface area contributed by atoms with E-state index in [9.17, 15) is 13.2 Å². The van der Waals surface area contributed by atoms with Crippen LogP contribution in [-0.2, 0) is 28.2 Å². The van der Waals surface area contributed by atoms with E-state index in [-0.39, 0.29) is 17.0 Å². The van der Waals surface area contributed by atoms with Crippen LogP contribution in [0.3, 0.4) is 0 Å². The van der Waals surface area contributed by atoms with Gasteiger partial charge in [0.1, 0.15) is 15.5 Å². The number of sulfone groups is 1. The maximum absolute atomic E-state index is 13.6. The predicted octanol–water partition coefficient (Wildman–Crippen LogP) is 4.81. The quantitative estimate of drug-likeness (QED) is 0.346. The smallest absolute Gasteiger partial charge is 0.329 e.